The fraction of sp³-hybridized carbons (Fsp3) is 0.139. The van der Waals surface area contributed by atoms with E-state index < -0.39 is 51.8 Å². The van der Waals surface area contributed by atoms with Crippen LogP contribution in [0.2, 0.25) is 5.28 Å². The van der Waals surface area contributed by atoms with Crippen molar-refractivity contribution in [1.82, 2.24) is 15.0 Å². The molecule has 0 amide bonds. The lowest BCUT2D eigenvalue weighted by Crippen LogP contribution is -2.13. The molecule has 0 radical (unpaired) electrons. The van der Waals surface area contributed by atoms with Crippen molar-refractivity contribution < 1.29 is 44.0 Å². The molecule has 0 unspecified atom stereocenters. The number of aromatic hydroxyl groups is 1. The molecule has 5 aromatic carbocycles. The topological polar surface area (TPSA) is 308 Å². The molecule has 1 heterocycles. The van der Waals surface area contributed by atoms with Gasteiger partial charge in [0.05, 0.1) is 5.69 Å². The van der Waals surface area contributed by atoms with Crippen LogP contribution in [0.5, 0.6) is 5.75 Å². The number of anilines is 5. The normalized spacial score (nSPS) is 12.4. The van der Waals surface area contributed by atoms with E-state index in [0.717, 1.165) is 11.6 Å². The van der Waals surface area contributed by atoms with E-state index in [2.05, 4.69) is 51.4 Å². The van der Waals surface area contributed by atoms with Crippen LogP contribution < -0.4 is 16.0 Å². The second-order valence-electron chi connectivity index (χ2n) is 13.2. The van der Waals surface area contributed by atoms with Gasteiger partial charge in [0, 0.05) is 22.1 Å². The van der Waals surface area contributed by atoms with Gasteiger partial charge in [-0.05, 0) is 117 Å². The molecule has 7 N–H and O–H groups in total. The maximum Gasteiger partial charge on any atom is 0.296 e. The monoisotopic (exact) mass is 896 g/mol. The van der Waals surface area contributed by atoms with Crippen molar-refractivity contribution >= 4 is 104 Å². The average molecular weight is 897 g/mol. The van der Waals surface area contributed by atoms with E-state index in [0.29, 0.717) is 16.8 Å². The van der Waals surface area contributed by atoms with Gasteiger partial charge in [0.1, 0.15) is 38.4 Å². The Labute approximate surface area is 347 Å². The molecule has 6 rings (SSSR count). The van der Waals surface area contributed by atoms with Crippen molar-refractivity contribution in [2.24, 2.45) is 20.5 Å². The smallest absolute Gasteiger partial charge is 0.296 e. The molecule has 0 saturated carbocycles. The summed E-state index contributed by atoms with van der Waals surface area (Å²) >= 11 is 6.15. The number of rotatable bonds is 13. The van der Waals surface area contributed by atoms with Gasteiger partial charge in [-0.3, -0.25) is 13.7 Å². The lowest BCUT2D eigenvalue weighted by molar-refractivity contribution is 0.481. The summed E-state index contributed by atoms with van der Waals surface area (Å²) < 4.78 is 102. The van der Waals surface area contributed by atoms with Crippen molar-refractivity contribution in [3.63, 3.8) is 0 Å². The van der Waals surface area contributed by atoms with E-state index in [-0.39, 0.29) is 67.6 Å². The first-order valence-corrected chi connectivity index (χ1v) is 22.0. The highest BCUT2D eigenvalue weighted by atomic mass is 35.5. The molecule has 1 aromatic heterocycles. The van der Waals surface area contributed by atoms with E-state index in [1.807, 2.05) is 31.2 Å². The van der Waals surface area contributed by atoms with Crippen LogP contribution in [-0.2, 0) is 30.4 Å². The molecule has 0 aliphatic carbocycles. The minimum absolute atomic E-state index is 0.0195. The maximum atomic E-state index is 12.4. The van der Waals surface area contributed by atoms with E-state index in [4.69, 9.17) is 11.6 Å². The van der Waals surface area contributed by atoms with Crippen molar-refractivity contribution in [2.75, 3.05) is 21.8 Å². The van der Waals surface area contributed by atoms with Gasteiger partial charge in [-0.2, -0.15) is 40.2 Å². The summed E-state index contributed by atoms with van der Waals surface area (Å²) in [7, 11) is -14.2. The fourth-order valence-electron chi connectivity index (χ4n) is 5.62. The van der Waals surface area contributed by atoms with Gasteiger partial charge in [-0.25, -0.2) is 0 Å². The molecule has 0 fully saturated rings. The third-order valence-corrected chi connectivity index (χ3v) is 11.1. The van der Waals surface area contributed by atoms with E-state index in [1.165, 1.54) is 49.4 Å². The molecule has 0 aliphatic rings. The fourth-order valence-corrected chi connectivity index (χ4v) is 7.41. The number of fused-ring (bicyclic) bond motifs is 1. The summed E-state index contributed by atoms with van der Waals surface area (Å²) in [6, 6.07) is 17.6. The van der Waals surface area contributed by atoms with Crippen LogP contribution in [0.3, 0.4) is 0 Å². The summed E-state index contributed by atoms with van der Waals surface area (Å²) in [5, 5.41) is 36.4. The first-order valence-electron chi connectivity index (χ1n) is 17.1. The predicted octanol–water partition coefficient (Wildman–Crippen LogP) is 8.69. The molecule has 20 nitrogen and oxygen atoms in total. The Morgan fingerprint density at radius 2 is 1.17 bits per heavy atom. The molecule has 24 heteroatoms. The van der Waals surface area contributed by atoms with Gasteiger partial charge >= 0.3 is 0 Å². The van der Waals surface area contributed by atoms with Gasteiger partial charge in [-0.15, -0.1) is 20.5 Å². The number of nitrogens with zero attached hydrogens (tertiary/aromatic N) is 7. The molecule has 312 valence electrons. The largest absolute Gasteiger partial charge is 0.505 e. The molecule has 0 aliphatic heterocycles. The number of phenols is 1. The number of benzene rings is 5. The number of aryl methyl sites for hydroxylation is 4. The molecule has 0 bridgehead atoms. The first-order chi connectivity index (χ1) is 28.1. The number of azo groups is 2. The second kappa shape index (κ2) is 16.8. The zero-order chi connectivity index (χ0) is 43.7. The molecule has 0 atom stereocenters. The third-order valence-electron chi connectivity index (χ3n) is 8.65. The Kier molecular flexibility index (Phi) is 12.1. The summed E-state index contributed by atoms with van der Waals surface area (Å²) in [4.78, 5) is 11.2. The SMILES string of the molecule is Cc1ccc(Nc2nc(Cl)nc(Nc3ccc(S(=O)(=O)O)c(N=Nc4c(C)cc5c(N=Nc6cc(C)c(C)cc6S(=O)(=O)O)c(NCS(=O)(=O)O)ccc5c4O)c3)n2)cc1. The van der Waals surface area contributed by atoms with Crippen molar-refractivity contribution in [1.29, 1.82) is 0 Å². The third kappa shape index (κ3) is 10.3. The summed E-state index contributed by atoms with van der Waals surface area (Å²) in [6.07, 6.45) is 0. The van der Waals surface area contributed by atoms with Crippen molar-refractivity contribution in [3.8, 4) is 5.75 Å². The van der Waals surface area contributed by atoms with Gasteiger partial charge in [0.15, 0.2) is 5.75 Å². The predicted molar refractivity (Wildman–Crippen MR) is 223 cm³/mol. The van der Waals surface area contributed by atoms with Crippen LogP contribution in [0.15, 0.2) is 103 Å². The molecule has 0 spiro atoms. The molecule has 60 heavy (non-hydrogen) atoms. The van der Waals surface area contributed by atoms with Crippen LogP contribution in [-0.4, -0.2) is 64.8 Å². The number of phenolic OH excluding ortho intramolecular Hbond substituents is 1. The maximum absolute atomic E-state index is 12.4. The molecule has 6 aromatic rings. The van der Waals surface area contributed by atoms with Crippen LogP contribution in [0.4, 0.5) is 51.7 Å². The summed E-state index contributed by atoms with van der Waals surface area (Å²) in [6.45, 7) is 6.73. The second-order valence-corrected chi connectivity index (χ2v) is 17.7. The zero-order valence-corrected chi connectivity index (χ0v) is 34.8. The highest BCUT2D eigenvalue weighted by Crippen LogP contribution is 2.45. The highest BCUT2D eigenvalue weighted by molar-refractivity contribution is 7.86. The number of nitrogens with one attached hydrogen (secondary N) is 3. The summed E-state index contributed by atoms with van der Waals surface area (Å²) in [5.41, 5.74) is 2.30. The molecule has 0 saturated heterocycles. The van der Waals surface area contributed by atoms with E-state index in [9.17, 15) is 44.0 Å². The average Bonchev–Trinajstić information content (AvgIpc) is 3.14. The van der Waals surface area contributed by atoms with Crippen LogP contribution >= 0.6 is 11.6 Å². The summed E-state index contributed by atoms with van der Waals surface area (Å²) in [5.74, 6) is -1.42. The first kappa shape index (κ1) is 43.4. The Morgan fingerprint density at radius 3 is 1.78 bits per heavy atom. The van der Waals surface area contributed by atoms with Crippen LogP contribution in [0, 0.1) is 27.7 Å². The minimum Gasteiger partial charge on any atom is -0.505 e. The van der Waals surface area contributed by atoms with Gasteiger partial charge in [0.2, 0.25) is 17.2 Å². The minimum atomic E-state index is -4.87. The zero-order valence-electron chi connectivity index (χ0n) is 31.6. The standard InChI is InChI=1S/C36H33ClN10O10S3/c1-18-5-7-22(8-6-18)39-35-41-34(37)42-36(43-35)40-23-9-12-29(59(52,53)54)28(16-23)45-46-31-21(4)13-25-24(33(31)48)10-11-26(38-17-58(49,50)51)32(25)47-44-27-14-19(2)20(3)15-30(27)60(55,56)57/h5-16,38,48H,17H2,1-4H3,(H,49,50,51)(H,52,53,54)(H,55,56,57)(H2,39,40,41,42,43). The van der Waals surface area contributed by atoms with Crippen LogP contribution in [0.25, 0.3) is 10.8 Å². The number of hydrogen-bond acceptors (Lipinski definition) is 17. The Hall–Kier alpha value is -6.21. The van der Waals surface area contributed by atoms with Gasteiger partial charge < -0.3 is 21.1 Å². The number of halogens is 1. The van der Waals surface area contributed by atoms with Crippen molar-refractivity contribution in [2.45, 2.75) is 37.5 Å². The Bertz CT molecular complexity index is 3100. The quantitative estimate of drug-likeness (QED) is 0.0421. The Balaban J connectivity index is 1.41. The lowest BCUT2D eigenvalue weighted by Gasteiger charge is -2.14. The van der Waals surface area contributed by atoms with Crippen molar-refractivity contribution in [3.05, 3.63) is 100 Å². The Morgan fingerprint density at radius 1 is 0.600 bits per heavy atom. The number of aromatic nitrogens is 3. The lowest BCUT2D eigenvalue weighted by atomic mass is 10.0. The molecular formula is C36H33ClN10O10S3. The van der Waals surface area contributed by atoms with Crippen LogP contribution in [0.1, 0.15) is 22.3 Å². The number of hydrogen-bond donors (Lipinski definition) is 7. The highest BCUT2D eigenvalue weighted by Gasteiger charge is 2.21. The molecular weight excluding hydrogens is 864 g/mol. The van der Waals surface area contributed by atoms with E-state index in [1.54, 1.807) is 13.8 Å². The van der Waals surface area contributed by atoms with E-state index >= 15 is 0 Å². The van der Waals surface area contributed by atoms with Gasteiger partial charge in [0.25, 0.3) is 30.4 Å². The van der Waals surface area contributed by atoms with Gasteiger partial charge in [-0.1, -0.05) is 17.7 Å².